The third-order valence-electron chi connectivity index (χ3n) is 4.81. The highest BCUT2D eigenvalue weighted by atomic mass is 16.5. The van der Waals surface area contributed by atoms with Crippen molar-refractivity contribution in [3.8, 4) is 5.75 Å². The quantitative estimate of drug-likeness (QED) is 0.429. The van der Waals surface area contributed by atoms with Crippen LogP contribution in [0, 0.1) is 0 Å². The van der Waals surface area contributed by atoms with Crippen molar-refractivity contribution in [2.75, 3.05) is 5.32 Å². The number of pyridine rings is 2. The Hall–Kier alpha value is -4.52. The predicted molar refractivity (Wildman–Crippen MR) is 125 cm³/mol. The fraction of sp³-hybridized carbons (Fsp3) is 0.0769. The number of nitrogens with zero attached hydrogens (tertiary/aromatic N) is 2. The monoisotopic (exact) mass is 438 g/mol. The number of benzene rings is 2. The molecule has 2 amide bonds. The highest BCUT2D eigenvalue weighted by Crippen LogP contribution is 2.15. The van der Waals surface area contributed by atoms with Crippen molar-refractivity contribution < 1.29 is 14.3 Å². The number of hydrogen-bond acceptors (Lipinski definition) is 5. The molecule has 2 heterocycles. The van der Waals surface area contributed by atoms with Crippen LogP contribution in [-0.4, -0.2) is 21.8 Å². The van der Waals surface area contributed by atoms with Gasteiger partial charge in [-0.25, -0.2) is 0 Å². The summed E-state index contributed by atoms with van der Waals surface area (Å²) < 4.78 is 5.75. The van der Waals surface area contributed by atoms with Gasteiger partial charge in [0, 0.05) is 48.1 Å². The number of nitrogens with one attached hydrogen (secondary N) is 2. The van der Waals surface area contributed by atoms with Crippen molar-refractivity contribution >= 4 is 17.5 Å². The second-order valence-corrected chi connectivity index (χ2v) is 7.25. The van der Waals surface area contributed by atoms with E-state index in [0.717, 1.165) is 16.9 Å². The van der Waals surface area contributed by atoms with Crippen molar-refractivity contribution in [3.63, 3.8) is 0 Å². The van der Waals surface area contributed by atoms with Gasteiger partial charge in [0.2, 0.25) is 0 Å². The molecular weight excluding hydrogens is 416 g/mol. The molecule has 33 heavy (non-hydrogen) atoms. The summed E-state index contributed by atoms with van der Waals surface area (Å²) in [7, 11) is 0. The number of carbonyl (C=O) groups excluding carboxylic acids is 2. The molecule has 0 aliphatic carbocycles. The molecule has 2 aromatic heterocycles. The van der Waals surface area contributed by atoms with Gasteiger partial charge in [-0.05, 0) is 54.1 Å². The summed E-state index contributed by atoms with van der Waals surface area (Å²) in [5.41, 5.74) is 3.37. The molecular formula is C26H22N4O3. The van der Waals surface area contributed by atoms with E-state index in [1.165, 1.54) is 6.20 Å². The van der Waals surface area contributed by atoms with Crippen LogP contribution >= 0.6 is 0 Å². The predicted octanol–water partition coefficient (Wildman–Crippen LogP) is 4.24. The number of amides is 2. The second kappa shape index (κ2) is 10.7. The van der Waals surface area contributed by atoms with Gasteiger partial charge in [0.05, 0.1) is 5.56 Å². The maximum absolute atomic E-state index is 12.6. The van der Waals surface area contributed by atoms with Crippen LogP contribution in [0.3, 0.4) is 0 Å². The maximum atomic E-state index is 12.6. The number of anilines is 1. The molecule has 2 N–H and O–H groups in total. The van der Waals surface area contributed by atoms with E-state index in [9.17, 15) is 9.59 Å². The second-order valence-electron chi connectivity index (χ2n) is 7.25. The first-order chi connectivity index (χ1) is 16.2. The standard InChI is InChI=1S/C26H22N4O3/c31-25(21-5-1-7-23(14-21)30-26(32)22-6-3-13-28-17-22)29-16-19-8-10-24(11-9-19)33-18-20-4-2-12-27-15-20/h1-15,17H,16,18H2,(H,29,31)(H,30,32). The molecule has 4 aromatic rings. The Kier molecular flexibility index (Phi) is 7.02. The van der Waals surface area contributed by atoms with E-state index in [4.69, 9.17) is 4.74 Å². The van der Waals surface area contributed by atoms with Crippen LogP contribution < -0.4 is 15.4 Å². The van der Waals surface area contributed by atoms with E-state index in [1.54, 1.807) is 55.0 Å². The van der Waals surface area contributed by atoms with E-state index in [1.807, 2.05) is 36.4 Å². The molecule has 0 aliphatic rings. The third-order valence-corrected chi connectivity index (χ3v) is 4.81. The van der Waals surface area contributed by atoms with Crippen LogP contribution in [0.15, 0.2) is 97.6 Å². The minimum atomic E-state index is -0.286. The maximum Gasteiger partial charge on any atom is 0.257 e. The SMILES string of the molecule is O=C(NCc1ccc(OCc2cccnc2)cc1)c1cccc(NC(=O)c2cccnc2)c1. The van der Waals surface area contributed by atoms with Gasteiger partial charge >= 0.3 is 0 Å². The van der Waals surface area contributed by atoms with E-state index in [0.29, 0.717) is 30.0 Å². The molecule has 164 valence electrons. The molecule has 7 heteroatoms. The van der Waals surface area contributed by atoms with Gasteiger partial charge < -0.3 is 15.4 Å². The molecule has 0 saturated heterocycles. The first-order valence-corrected chi connectivity index (χ1v) is 10.4. The summed E-state index contributed by atoms with van der Waals surface area (Å²) in [4.78, 5) is 32.9. The Labute approximate surface area is 191 Å². The average Bonchev–Trinajstić information content (AvgIpc) is 2.88. The van der Waals surface area contributed by atoms with Crippen LogP contribution in [0.4, 0.5) is 5.69 Å². The van der Waals surface area contributed by atoms with Crippen molar-refractivity contribution in [1.82, 2.24) is 15.3 Å². The van der Waals surface area contributed by atoms with Crippen molar-refractivity contribution in [2.24, 2.45) is 0 Å². The highest BCUT2D eigenvalue weighted by Gasteiger charge is 2.09. The zero-order chi connectivity index (χ0) is 22.9. The van der Waals surface area contributed by atoms with Gasteiger partial charge in [0.15, 0.2) is 0 Å². The molecule has 0 radical (unpaired) electrons. The van der Waals surface area contributed by atoms with Gasteiger partial charge in [0.25, 0.3) is 11.8 Å². The normalized spacial score (nSPS) is 10.3. The summed E-state index contributed by atoms with van der Waals surface area (Å²) in [6, 6.07) is 21.5. The Morgan fingerprint density at radius 2 is 1.52 bits per heavy atom. The number of aromatic nitrogens is 2. The average molecular weight is 438 g/mol. The molecule has 7 nitrogen and oxygen atoms in total. The molecule has 0 bridgehead atoms. The van der Waals surface area contributed by atoms with Crippen molar-refractivity contribution in [1.29, 1.82) is 0 Å². The molecule has 0 aliphatic heterocycles. The Morgan fingerprint density at radius 1 is 0.758 bits per heavy atom. The van der Waals surface area contributed by atoms with Crippen LogP contribution in [0.1, 0.15) is 31.8 Å². The van der Waals surface area contributed by atoms with Crippen molar-refractivity contribution in [2.45, 2.75) is 13.2 Å². The first-order valence-electron chi connectivity index (χ1n) is 10.4. The zero-order valence-corrected chi connectivity index (χ0v) is 17.8. The smallest absolute Gasteiger partial charge is 0.257 e. The third kappa shape index (κ3) is 6.24. The summed E-state index contributed by atoms with van der Waals surface area (Å²) >= 11 is 0. The summed E-state index contributed by atoms with van der Waals surface area (Å²) in [5, 5.41) is 5.67. The number of ether oxygens (including phenoxy) is 1. The van der Waals surface area contributed by atoms with Gasteiger partial charge in [0.1, 0.15) is 12.4 Å². The molecule has 0 fully saturated rings. The number of rotatable bonds is 8. The molecule has 0 unspecified atom stereocenters. The number of hydrogen-bond donors (Lipinski definition) is 2. The lowest BCUT2D eigenvalue weighted by Gasteiger charge is -2.10. The lowest BCUT2D eigenvalue weighted by molar-refractivity contribution is 0.0949. The highest BCUT2D eigenvalue weighted by molar-refractivity contribution is 6.04. The van der Waals surface area contributed by atoms with E-state index in [2.05, 4.69) is 20.6 Å². The topological polar surface area (TPSA) is 93.2 Å². The van der Waals surface area contributed by atoms with Crippen LogP contribution in [-0.2, 0) is 13.2 Å². The fourth-order valence-corrected chi connectivity index (χ4v) is 3.08. The van der Waals surface area contributed by atoms with Crippen LogP contribution in [0.2, 0.25) is 0 Å². The molecule has 0 saturated carbocycles. The summed E-state index contributed by atoms with van der Waals surface area (Å²) in [5.74, 6) is 0.224. The molecule has 4 rings (SSSR count). The summed E-state index contributed by atoms with van der Waals surface area (Å²) in [6.45, 7) is 0.811. The molecule has 0 spiro atoms. The van der Waals surface area contributed by atoms with E-state index in [-0.39, 0.29) is 11.8 Å². The van der Waals surface area contributed by atoms with Gasteiger partial charge in [-0.1, -0.05) is 24.3 Å². The van der Waals surface area contributed by atoms with Crippen LogP contribution in [0.5, 0.6) is 5.75 Å². The minimum Gasteiger partial charge on any atom is -0.489 e. The van der Waals surface area contributed by atoms with Crippen molar-refractivity contribution in [3.05, 3.63) is 120 Å². The molecule has 2 aromatic carbocycles. The van der Waals surface area contributed by atoms with E-state index >= 15 is 0 Å². The minimum absolute atomic E-state index is 0.232. The van der Waals surface area contributed by atoms with Gasteiger partial charge in [-0.15, -0.1) is 0 Å². The Bertz CT molecular complexity index is 1210. The number of carbonyl (C=O) groups is 2. The Morgan fingerprint density at radius 3 is 2.24 bits per heavy atom. The van der Waals surface area contributed by atoms with Crippen LogP contribution in [0.25, 0.3) is 0 Å². The summed E-state index contributed by atoms with van der Waals surface area (Å²) in [6.07, 6.45) is 6.58. The van der Waals surface area contributed by atoms with Gasteiger partial charge in [-0.3, -0.25) is 19.6 Å². The first kappa shape index (κ1) is 21.7. The van der Waals surface area contributed by atoms with Gasteiger partial charge in [-0.2, -0.15) is 0 Å². The Balaban J connectivity index is 1.29. The van der Waals surface area contributed by atoms with E-state index < -0.39 is 0 Å². The largest absolute Gasteiger partial charge is 0.489 e. The fourth-order valence-electron chi connectivity index (χ4n) is 3.08. The lowest BCUT2D eigenvalue weighted by Crippen LogP contribution is -2.23. The zero-order valence-electron chi connectivity index (χ0n) is 17.8. The molecule has 0 atom stereocenters. The lowest BCUT2D eigenvalue weighted by atomic mass is 10.1.